The molecule has 2 heterocycles. The summed E-state index contributed by atoms with van der Waals surface area (Å²) in [5.41, 5.74) is 1.23. The highest BCUT2D eigenvalue weighted by Crippen LogP contribution is 2.40. The summed E-state index contributed by atoms with van der Waals surface area (Å²) < 4.78 is 0. The molecule has 1 N–H and O–H groups in total. The number of aromatic nitrogens is 1. The molecule has 0 bridgehead atoms. The standard InChI is InChI=1S/C17H25N3O2S/c1-2-4-16(21)20-10-3-5-14(20)17(22)18-9-8-15-19-13(11-23-15)12-6-7-12/h11-12,14H,2-10H2,1H3,(H,18,22)/t14-/m1/s1. The first-order valence-electron chi connectivity index (χ1n) is 8.70. The number of thiazole rings is 1. The summed E-state index contributed by atoms with van der Waals surface area (Å²) in [4.78, 5) is 30.8. The van der Waals surface area contributed by atoms with E-state index in [9.17, 15) is 9.59 Å². The summed E-state index contributed by atoms with van der Waals surface area (Å²) in [6.07, 6.45) is 6.38. The van der Waals surface area contributed by atoms with E-state index in [0.29, 0.717) is 25.4 Å². The Morgan fingerprint density at radius 2 is 2.22 bits per heavy atom. The second kappa shape index (κ2) is 7.43. The summed E-state index contributed by atoms with van der Waals surface area (Å²) in [6, 6.07) is -0.271. The largest absolute Gasteiger partial charge is 0.354 e. The molecule has 126 valence electrons. The molecule has 0 spiro atoms. The highest BCUT2D eigenvalue weighted by atomic mass is 32.1. The minimum absolute atomic E-state index is 0.00840. The number of nitrogens with zero attached hydrogens (tertiary/aromatic N) is 2. The van der Waals surface area contributed by atoms with E-state index in [-0.39, 0.29) is 17.9 Å². The fourth-order valence-electron chi connectivity index (χ4n) is 3.11. The van der Waals surface area contributed by atoms with Gasteiger partial charge in [-0.05, 0) is 32.1 Å². The van der Waals surface area contributed by atoms with Gasteiger partial charge in [0.05, 0.1) is 10.7 Å². The first-order chi connectivity index (χ1) is 11.2. The maximum absolute atomic E-state index is 12.4. The zero-order valence-corrected chi connectivity index (χ0v) is 14.5. The van der Waals surface area contributed by atoms with Crippen LogP contribution in [0.1, 0.15) is 62.1 Å². The Morgan fingerprint density at radius 3 is 2.96 bits per heavy atom. The van der Waals surface area contributed by atoms with E-state index < -0.39 is 0 Å². The molecule has 0 aromatic carbocycles. The monoisotopic (exact) mass is 335 g/mol. The van der Waals surface area contributed by atoms with E-state index >= 15 is 0 Å². The molecule has 1 saturated heterocycles. The molecule has 2 aliphatic rings. The van der Waals surface area contributed by atoms with E-state index in [2.05, 4.69) is 15.7 Å². The number of rotatable bonds is 7. The molecular weight excluding hydrogens is 310 g/mol. The SMILES string of the molecule is CCCC(=O)N1CCC[C@@H]1C(=O)NCCc1nc(C2CC2)cs1. The van der Waals surface area contributed by atoms with Crippen molar-refractivity contribution < 1.29 is 9.59 Å². The lowest BCUT2D eigenvalue weighted by atomic mass is 10.2. The maximum atomic E-state index is 12.4. The third-order valence-corrected chi connectivity index (χ3v) is 5.47. The van der Waals surface area contributed by atoms with Crippen molar-refractivity contribution in [3.05, 3.63) is 16.1 Å². The van der Waals surface area contributed by atoms with Gasteiger partial charge in [-0.3, -0.25) is 9.59 Å². The zero-order valence-electron chi connectivity index (χ0n) is 13.7. The molecule has 3 rings (SSSR count). The lowest BCUT2D eigenvalue weighted by Crippen LogP contribution is -2.46. The third kappa shape index (κ3) is 4.10. The lowest BCUT2D eigenvalue weighted by Gasteiger charge is -2.23. The van der Waals surface area contributed by atoms with Gasteiger partial charge in [0, 0.05) is 37.2 Å². The Morgan fingerprint density at radius 1 is 1.39 bits per heavy atom. The van der Waals surface area contributed by atoms with Gasteiger partial charge in [-0.1, -0.05) is 6.92 Å². The van der Waals surface area contributed by atoms with Gasteiger partial charge in [0.25, 0.3) is 0 Å². The van der Waals surface area contributed by atoms with Crippen LogP contribution in [0.5, 0.6) is 0 Å². The van der Waals surface area contributed by atoms with Crippen LogP contribution < -0.4 is 5.32 Å². The predicted molar refractivity (Wildman–Crippen MR) is 90.4 cm³/mol. The molecule has 6 heteroatoms. The molecular formula is C17H25N3O2S. The Kier molecular flexibility index (Phi) is 5.30. The first-order valence-corrected chi connectivity index (χ1v) is 9.58. The molecule has 5 nitrogen and oxygen atoms in total. The molecule has 1 aromatic rings. The number of nitrogens with one attached hydrogen (secondary N) is 1. The van der Waals surface area contributed by atoms with Crippen LogP contribution in [0.2, 0.25) is 0 Å². The fourth-order valence-corrected chi connectivity index (χ4v) is 3.99. The molecule has 1 aromatic heterocycles. The summed E-state index contributed by atoms with van der Waals surface area (Å²) in [7, 11) is 0. The van der Waals surface area contributed by atoms with Crippen molar-refractivity contribution in [1.29, 1.82) is 0 Å². The quantitative estimate of drug-likeness (QED) is 0.832. The first kappa shape index (κ1) is 16.4. The molecule has 23 heavy (non-hydrogen) atoms. The second-order valence-electron chi connectivity index (χ2n) is 6.48. The van der Waals surface area contributed by atoms with Crippen molar-refractivity contribution in [2.24, 2.45) is 0 Å². The van der Waals surface area contributed by atoms with Crippen molar-refractivity contribution in [2.75, 3.05) is 13.1 Å². The van der Waals surface area contributed by atoms with E-state index in [4.69, 9.17) is 0 Å². The van der Waals surface area contributed by atoms with Crippen LogP contribution >= 0.6 is 11.3 Å². The molecule has 0 unspecified atom stereocenters. The van der Waals surface area contributed by atoms with Crippen LogP contribution in [0, 0.1) is 0 Å². The molecule has 2 amide bonds. The maximum Gasteiger partial charge on any atom is 0.242 e. The van der Waals surface area contributed by atoms with Crippen LogP contribution in [0.15, 0.2) is 5.38 Å². The molecule has 2 fully saturated rings. The normalized spacial score (nSPS) is 20.7. The number of amides is 2. The van der Waals surface area contributed by atoms with Gasteiger partial charge in [-0.15, -0.1) is 11.3 Å². The molecule has 1 aliphatic carbocycles. The molecule has 0 radical (unpaired) electrons. The van der Waals surface area contributed by atoms with E-state index in [1.54, 1.807) is 16.2 Å². The van der Waals surface area contributed by atoms with Gasteiger partial charge in [-0.25, -0.2) is 4.98 Å². The topological polar surface area (TPSA) is 62.3 Å². The van der Waals surface area contributed by atoms with Gasteiger partial charge in [-0.2, -0.15) is 0 Å². The highest BCUT2D eigenvalue weighted by molar-refractivity contribution is 7.09. The minimum atomic E-state index is -0.271. The van der Waals surface area contributed by atoms with Crippen molar-refractivity contribution in [3.63, 3.8) is 0 Å². The van der Waals surface area contributed by atoms with E-state index in [1.165, 1.54) is 18.5 Å². The summed E-state index contributed by atoms with van der Waals surface area (Å²) in [5.74, 6) is 0.788. The van der Waals surface area contributed by atoms with E-state index in [0.717, 1.165) is 30.7 Å². The Labute approximate surface area is 141 Å². The molecule has 1 atom stereocenters. The lowest BCUT2D eigenvalue weighted by molar-refractivity contribution is -0.138. The van der Waals surface area contributed by atoms with Crippen molar-refractivity contribution in [1.82, 2.24) is 15.2 Å². The number of hydrogen-bond acceptors (Lipinski definition) is 4. The van der Waals surface area contributed by atoms with Crippen molar-refractivity contribution >= 4 is 23.2 Å². The summed E-state index contributed by atoms with van der Waals surface area (Å²) in [5, 5.41) is 6.23. The number of likely N-dealkylation sites (tertiary alicyclic amines) is 1. The molecule has 1 saturated carbocycles. The Balaban J connectivity index is 1.45. The van der Waals surface area contributed by atoms with Crippen LogP contribution in [0.25, 0.3) is 0 Å². The van der Waals surface area contributed by atoms with Gasteiger partial charge in [0.1, 0.15) is 6.04 Å². The average molecular weight is 335 g/mol. The Bertz CT molecular complexity index is 568. The van der Waals surface area contributed by atoms with Crippen LogP contribution in [0.4, 0.5) is 0 Å². The zero-order chi connectivity index (χ0) is 16.2. The minimum Gasteiger partial charge on any atom is -0.354 e. The predicted octanol–water partition coefficient (Wildman–Crippen LogP) is 2.47. The van der Waals surface area contributed by atoms with Crippen molar-refractivity contribution in [3.8, 4) is 0 Å². The van der Waals surface area contributed by atoms with Crippen LogP contribution in [-0.4, -0.2) is 40.8 Å². The van der Waals surface area contributed by atoms with Gasteiger partial charge in [0.2, 0.25) is 11.8 Å². The Hall–Kier alpha value is -1.43. The van der Waals surface area contributed by atoms with Crippen LogP contribution in [0.3, 0.4) is 0 Å². The van der Waals surface area contributed by atoms with Gasteiger partial charge < -0.3 is 10.2 Å². The average Bonchev–Trinajstić information content (AvgIpc) is 3.09. The summed E-state index contributed by atoms with van der Waals surface area (Å²) >= 11 is 1.69. The van der Waals surface area contributed by atoms with Gasteiger partial charge in [0.15, 0.2) is 0 Å². The molecule has 1 aliphatic heterocycles. The third-order valence-electron chi connectivity index (χ3n) is 4.54. The number of hydrogen-bond donors (Lipinski definition) is 1. The fraction of sp³-hybridized carbons (Fsp3) is 0.706. The van der Waals surface area contributed by atoms with Gasteiger partial charge >= 0.3 is 0 Å². The summed E-state index contributed by atoms with van der Waals surface area (Å²) in [6.45, 7) is 3.31. The highest BCUT2D eigenvalue weighted by Gasteiger charge is 2.33. The van der Waals surface area contributed by atoms with Crippen LogP contribution in [-0.2, 0) is 16.0 Å². The number of carbonyl (C=O) groups is 2. The van der Waals surface area contributed by atoms with E-state index in [1.807, 2.05) is 6.92 Å². The number of carbonyl (C=O) groups excluding carboxylic acids is 2. The smallest absolute Gasteiger partial charge is 0.242 e. The second-order valence-corrected chi connectivity index (χ2v) is 7.42. The van der Waals surface area contributed by atoms with Crippen molar-refractivity contribution in [2.45, 2.75) is 63.8 Å².